The minimum atomic E-state index is -0.476. The molecular weight excluding hydrogens is 284 g/mol. The van der Waals surface area contributed by atoms with E-state index in [1.807, 2.05) is 50.2 Å². The Bertz CT molecular complexity index is 635. The van der Waals surface area contributed by atoms with Gasteiger partial charge in [-0.2, -0.15) is 0 Å². The van der Waals surface area contributed by atoms with Crippen LogP contribution in [0.5, 0.6) is 0 Å². The van der Waals surface area contributed by atoms with Crippen LogP contribution in [0, 0.1) is 0 Å². The summed E-state index contributed by atoms with van der Waals surface area (Å²) in [6.45, 7) is 3.92. The van der Waals surface area contributed by atoms with E-state index in [4.69, 9.17) is 17.3 Å². The SMILES string of the molecule is CC(C)(NC(=O)Cc1ccc(N)cc1)c1cccc(Cl)c1. The van der Waals surface area contributed by atoms with Crippen LogP contribution in [-0.2, 0) is 16.8 Å². The van der Waals surface area contributed by atoms with Gasteiger partial charge in [0.15, 0.2) is 0 Å². The number of rotatable bonds is 4. The Labute approximate surface area is 130 Å². The maximum absolute atomic E-state index is 12.2. The van der Waals surface area contributed by atoms with E-state index in [1.165, 1.54) is 0 Å². The van der Waals surface area contributed by atoms with Crippen molar-refractivity contribution in [1.82, 2.24) is 5.32 Å². The normalized spacial score (nSPS) is 11.2. The van der Waals surface area contributed by atoms with Crippen LogP contribution in [-0.4, -0.2) is 5.91 Å². The molecule has 21 heavy (non-hydrogen) atoms. The molecule has 0 saturated heterocycles. The van der Waals surface area contributed by atoms with Crippen molar-refractivity contribution in [3.05, 3.63) is 64.7 Å². The zero-order valence-corrected chi connectivity index (χ0v) is 12.9. The highest BCUT2D eigenvalue weighted by Gasteiger charge is 2.22. The molecule has 2 aromatic rings. The molecular formula is C17H19ClN2O. The predicted molar refractivity (Wildman–Crippen MR) is 87.2 cm³/mol. The van der Waals surface area contributed by atoms with Crippen LogP contribution in [0.2, 0.25) is 5.02 Å². The Morgan fingerprint density at radius 1 is 1.19 bits per heavy atom. The lowest BCUT2D eigenvalue weighted by Crippen LogP contribution is -2.41. The molecule has 0 heterocycles. The molecule has 0 bridgehead atoms. The first kappa shape index (κ1) is 15.4. The fraction of sp³-hybridized carbons (Fsp3) is 0.235. The van der Waals surface area contributed by atoms with Crippen LogP contribution in [0.4, 0.5) is 5.69 Å². The van der Waals surface area contributed by atoms with Crippen molar-refractivity contribution in [2.24, 2.45) is 0 Å². The first-order valence-corrected chi connectivity index (χ1v) is 7.16. The molecule has 0 spiro atoms. The molecule has 1 amide bonds. The van der Waals surface area contributed by atoms with Crippen molar-refractivity contribution in [3.63, 3.8) is 0 Å². The second-order valence-corrected chi connectivity index (χ2v) is 6.04. The number of nitrogens with one attached hydrogen (secondary N) is 1. The van der Waals surface area contributed by atoms with Gasteiger partial charge in [-0.1, -0.05) is 35.9 Å². The van der Waals surface area contributed by atoms with Gasteiger partial charge in [0.2, 0.25) is 5.91 Å². The minimum absolute atomic E-state index is 0.0373. The molecule has 0 aliphatic heterocycles. The van der Waals surface area contributed by atoms with Crippen molar-refractivity contribution in [2.75, 3.05) is 5.73 Å². The third-order valence-corrected chi connectivity index (χ3v) is 3.58. The maximum atomic E-state index is 12.2. The maximum Gasteiger partial charge on any atom is 0.225 e. The van der Waals surface area contributed by atoms with Crippen molar-refractivity contribution in [2.45, 2.75) is 25.8 Å². The van der Waals surface area contributed by atoms with Gasteiger partial charge in [-0.15, -0.1) is 0 Å². The molecule has 0 saturated carbocycles. The number of hydrogen-bond acceptors (Lipinski definition) is 2. The van der Waals surface area contributed by atoms with Crippen LogP contribution in [0.15, 0.2) is 48.5 Å². The minimum Gasteiger partial charge on any atom is -0.399 e. The van der Waals surface area contributed by atoms with Crippen LogP contribution in [0.25, 0.3) is 0 Å². The van der Waals surface area contributed by atoms with E-state index < -0.39 is 5.54 Å². The first-order valence-electron chi connectivity index (χ1n) is 6.78. The third kappa shape index (κ3) is 4.23. The molecule has 0 fully saturated rings. The summed E-state index contributed by atoms with van der Waals surface area (Å²) in [6.07, 6.45) is 0.324. The van der Waals surface area contributed by atoms with E-state index in [9.17, 15) is 4.79 Å². The highest BCUT2D eigenvalue weighted by atomic mass is 35.5. The fourth-order valence-corrected chi connectivity index (χ4v) is 2.35. The Balaban J connectivity index is 2.05. The lowest BCUT2D eigenvalue weighted by Gasteiger charge is -2.27. The van der Waals surface area contributed by atoms with E-state index in [0.717, 1.165) is 11.1 Å². The Morgan fingerprint density at radius 3 is 2.48 bits per heavy atom. The number of hydrogen-bond donors (Lipinski definition) is 2. The number of nitrogens with two attached hydrogens (primary N) is 1. The molecule has 0 unspecified atom stereocenters. The van der Waals surface area contributed by atoms with E-state index in [1.54, 1.807) is 12.1 Å². The molecule has 4 heteroatoms. The smallest absolute Gasteiger partial charge is 0.225 e. The Morgan fingerprint density at radius 2 is 1.86 bits per heavy atom. The van der Waals surface area contributed by atoms with Gasteiger partial charge < -0.3 is 11.1 Å². The summed E-state index contributed by atoms with van der Waals surface area (Å²) in [4.78, 5) is 12.2. The molecule has 0 aromatic heterocycles. The van der Waals surface area contributed by atoms with Crippen LogP contribution >= 0.6 is 11.6 Å². The average Bonchev–Trinajstić information content (AvgIpc) is 2.41. The molecule has 2 aromatic carbocycles. The topological polar surface area (TPSA) is 55.1 Å². The quantitative estimate of drug-likeness (QED) is 0.849. The standard InChI is InChI=1S/C17H19ClN2O/c1-17(2,13-4-3-5-14(18)11-13)20-16(21)10-12-6-8-15(19)9-7-12/h3-9,11H,10,19H2,1-2H3,(H,20,21). The Hall–Kier alpha value is -2.00. The molecule has 110 valence electrons. The van der Waals surface area contributed by atoms with Crippen molar-refractivity contribution >= 4 is 23.2 Å². The number of benzene rings is 2. The molecule has 3 N–H and O–H groups in total. The molecule has 2 rings (SSSR count). The zero-order valence-electron chi connectivity index (χ0n) is 12.2. The second-order valence-electron chi connectivity index (χ2n) is 5.60. The van der Waals surface area contributed by atoms with Crippen LogP contribution in [0.1, 0.15) is 25.0 Å². The van der Waals surface area contributed by atoms with Crippen molar-refractivity contribution in [3.8, 4) is 0 Å². The number of carbonyl (C=O) groups is 1. The monoisotopic (exact) mass is 302 g/mol. The zero-order chi connectivity index (χ0) is 15.5. The Kier molecular flexibility index (Phi) is 4.53. The number of anilines is 1. The number of halogens is 1. The number of nitrogen functional groups attached to an aromatic ring is 1. The molecule has 0 aliphatic rings. The highest BCUT2D eigenvalue weighted by Crippen LogP contribution is 2.23. The van der Waals surface area contributed by atoms with E-state index in [-0.39, 0.29) is 5.91 Å². The van der Waals surface area contributed by atoms with Crippen LogP contribution < -0.4 is 11.1 Å². The second kappa shape index (κ2) is 6.19. The lowest BCUT2D eigenvalue weighted by atomic mass is 9.94. The van der Waals surface area contributed by atoms with Gasteiger partial charge in [-0.3, -0.25) is 4.79 Å². The molecule has 0 aliphatic carbocycles. The molecule has 0 radical (unpaired) electrons. The number of amides is 1. The largest absolute Gasteiger partial charge is 0.399 e. The van der Waals surface area contributed by atoms with E-state index in [0.29, 0.717) is 17.1 Å². The molecule has 3 nitrogen and oxygen atoms in total. The summed E-state index contributed by atoms with van der Waals surface area (Å²) in [5.74, 6) is -0.0373. The fourth-order valence-electron chi connectivity index (χ4n) is 2.16. The summed E-state index contributed by atoms with van der Waals surface area (Å²) >= 11 is 6.01. The van der Waals surface area contributed by atoms with Crippen molar-refractivity contribution in [1.29, 1.82) is 0 Å². The van der Waals surface area contributed by atoms with Gasteiger partial charge >= 0.3 is 0 Å². The van der Waals surface area contributed by atoms with Gasteiger partial charge in [0, 0.05) is 10.7 Å². The van der Waals surface area contributed by atoms with Gasteiger partial charge in [0.1, 0.15) is 0 Å². The van der Waals surface area contributed by atoms with Gasteiger partial charge in [0.05, 0.1) is 12.0 Å². The average molecular weight is 303 g/mol. The number of carbonyl (C=O) groups excluding carboxylic acids is 1. The highest BCUT2D eigenvalue weighted by molar-refractivity contribution is 6.30. The predicted octanol–water partition coefficient (Wildman–Crippen LogP) is 3.52. The molecule has 0 atom stereocenters. The first-order chi connectivity index (χ1) is 9.87. The van der Waals surface area contributed by atoms with Crippen molar-refractivity contribution < 1.29 is 4.79 Å². The summed E-state index contributed by atoms with van der Waals surface area (Å²) in [5, 5.41) is 3.69. The third-order valence-electron chi connectivity index (χ3n) is 3.34. The van der Waals surface area contributed by atoms with Gasteiger partial charge in [0.25, 0.3) is 0 Å². The van der Waals surface area contributed by atoms with E-state index in [2.05, 4.69) is 5.32 Å². The summed E-state index contributed by atoms with van der Waals surface area (Å²) in [5.41, 5.74) is 7.76. The van der Waals surface area contributed by atoms with Gasteiger partial charge in [-0.25, -0.2) is 0 Å². The summed E-state index contributed by atoms with van der Waals surface area (Å²) < 4.78 is 0. The summed E-state index contributed by atoms with van der Waals surface area (Å²) in [7, 11) is 0. The summed E-state index contributed by atoms with van der Waals surface area (Å²) in [6, 6.07) is 14.8. The lowest BCUT2D eigenvalue weighted by molar-refractivity contribution is -0.122. The van der Waals surface area contributed by atoms with Crippen LogP contribution in [0.3, 0.4) is 0 Å². The van der Waals surface area contributed by atoms with Gasteiger partial charge in [-0.05, 0) is 49.2 Å². The van der Waals surface area contributed by atoms with E-state index >= 15 is 0 Å².